The van der Waals surface area contributed by atoms with Crippen molar-refractivity contribution >= 4 is 17.4 Å². The van der Waals surface area contributed by atoms with E-state index in [4.69, 9.17) is 10.5 Å². The maximum atomic E-state index is 14.1. The number of anilines is 1. The number of carbonyl (C=O) groups is 2. The number of pyridine rings is 1. The number of aromatic hydroxyl groups is 1. The number of aromatic nitrogens is 1. The molecule has 0 spiro atoms. The zero-order chi connectivity index (χ0) is 34.9. The molecule has 0 unspecified atom stereocenters. The van der Waals surface area contributed by atoms with Crippen molar-refractivity contribution in [2.24, 2.45) is 29.6 Å². The van der Waals surface area contributed by atoms with Crippen molar-refractivity contribution < 1.29 is 19.4 Å². The first kappa shape index (κ1) is 36.2. The van der Waals surface area contributed by atoms with Crippen molar-refractivity contribution in [2.45, 2.75) is 104 Å². The second kappa shape index (κ2) is 17.0. The van der Waals surface area contributed by atoms with E-state index in [1.54, 1.807) is 12.3 Å². The summed E-state index contributed by atoms with van der Waals surface area (Å²) < 4.78 is 5.51. The second-order valence-electron chi connectivity index (χ2n) is 14.8. The van der Waals surface area contributed by atoms with E-state index in [0.717, 1.165) is 80.0 Å². The fourth-order valence-electron chi connectivity index (χ4n) is 8.04. The normalized spacial score (nSPS) is 22.9. The minimum Gasteiger partial charge on any atom is -0.504 e. The lowest BCUT2D eigenvalue weighted by Crippen LogP contribution is -2.27. The summed E-state index contributed by atoms with van der Waals surface area (Å²) in [6.07, 6.45) is 11.1. The average Bonchev–Trinajstić information content (AvgIpc) is 3.24. The number of methoxy groups -OCH3 is 1. The fourth-order valence-corrected chi connectivity index (χ4v) is 8.04. The molecule has 2 aliphatic carbocycles. The van der Waals surface area contributed by atoms with E-state index in [2.05, 4.69) is 61.9 Å². The molecule has 0 radical (unpaired) electrons. The third-order valence-corrected chi connectivity index (χ3v) is 10.6. The lowest BCUT2D eigenvalue weighted by Gasteiger charge is -2.25. The number of benzene rings is 2. The molecule has 0 bridgehead atoms. The summed E-state index contributed by atoms with van der Waals surface area (Å²) in [4.78, 5) is 31.8. The third-order valence-electron chi connectivity index (χ3n) is 10.6. The van der Waals surface area contributed by atoms with Crippen LogP contribution in [0.4, 0.5) is 5.82 Å². The smallest absolute Gasteiger partial charge is 0.160 e. The molecular formula is C43H54N2O4. The molecule has 1 saturated carbocycles. The van der Waals surface area contributed by atoms with Gasteiger partial charge in [0.1, 0.15) is 17.4 Å². The number of nitrogens with two attached hydrogens (primary N) is 1. The van der Waals surface area contributed by atoms with Crippen LogP contribution >= 0.6 is 0 Å². The molecule has 1 fully saturated rings. The molecule has 0 saturated heterocycles. The molecule has 5 atom stereocenters. The Bertz CT molecular complexity index is 1670. The van der Waals surface area contributed by atoms with E-state index >= 15 is 0 Å². The van der Waals surface area contributed by atoms with Gasteiger partial charge >= 0.3 is 0 Å². The monoisotopic (exact) mass is 662 g/mol. The Kier molecular flexibility index (Phi) is 12.6. The van der Waals surface area contributed by atoms with Gasteiger partial charge < -0.3 is 15.6 Å². The van der Waals surface area contributed by atoms with Crippen LogP contribution in [0.25, 0.3) is 0 Å². The van der Waals surface area contributed by atoms with Crippen molar-refractivity contribution in [3.05, 3.63) is 82.5 Å². The number of nitrogens with zero attached hydrogens (tertiary/aromatic N) is 1. The van der Waals surface area contributed by atoms with Crippen LogP contribution in [0.2, 0.25) is 0 Å². The minimum atomic E-state index is -0.335. The Balaban J connectivity index is 1.66. The summed E-state index contributed by atoms with van der Waals surface area (Å²) in [5.41, 5.74) is 11.4. The van der Waals surface area contributed by atoms with Crippen molar-refractivity contribution in [1.82, 2.24) is 4.98 Å². The predicted molar refractivity (Wildman–Crippen MR) is 197 cm³/mol. The van der Waals surface area contributed by atoms with E-state index in [0.29, 0.717) is 35.7 Å². The Morgan fingerprint density at radius 3 is 2.57 bits per heavy atom. The highest BCUT2D eigenvalue weighted by atomic mass is 16.5. The number of aryl methyl sites for hydroxylation is 2. The molecule has 49 heavy (non-hydrogen) atoms. The molecule has 6 nitrogen and oxygen atoms in total. The quantitative estimate of drug-likeness (QED) is 0.166. The van der Waals surface area contributed by atoms with Gasteiger partial charge in [0.05, 0.1) is 19.4 Å². The SMILES string of the molecule is CCCC[C@H]1C[C@H](Cc2ccnc(N)c2)C[C@H]2C#C[C@H](c3ccccc3CCC(C)C)c3cc(O)c(OC)cc3CCC(=O)CC(=O)[C@@H]2C1. The van der Waals surface area contributed by atoms with Gasteiger partial charge in [0.2, 0.25) is 0 Å². The summed E-state index contributed by atoms with van der Waals surface area (Å²) in [6.45, 7) is 6.69. The van der Waals surface area contributed by atoms with Crippen LogP contribution in [0.15, 0.2) is 54.7 Å². The number of ether oxygens (including phenoxy) is 1. The molecule has 1 aromatic heterocycles. The van der Waals surface area contributed by atoms with E-state index in [1.165, 1.54) is 12.7 Å². The van der Waals surface area contributed by atoms with Gasteiger partial charge in [-0.1, -0.05) is 76.1 Å². The van der Waals surface area contributed by atoms with Gasteiger partial charge in [0, 0.05) is 24.5 Å². The first-order valence-electron chi connectivity index (χ1n) is 18.4. The molecule has 5 rings (SSSR count). The number of hydrogen-bond donors (Lipinski definition) is 2. The number of Topliss-reactive ketones (excluding diaryl/α,β-unsaturated/α-hetero) is 2. The fraction of sp³-hybridized carbons (Fsp3) is 0.512. The zero-order valence-corrected chi connectivity index (χ0v) is 29.8. The van der Waals surface area contributed by atoms with Crippen LogP contribution in [-0.4, -0.2) is 28.8 Å². The van der Waals surface area contributed by atoms with Crippen molar-refractivity contribution in [2.75, 3.05) is 12.8 Å². The van der Waals surface area contributed by atoms with Crippen LogP contribution in [0.5, 0.6) is 11.5 Å². The van der Waals surface area contributed by atoms with Crippen LogP contribution in [0, 0.1) is 41.4 Å². The Hall–Kier alpha value is -4.11. The van der Waals surface area contributed by atoms with E-state index in [-0.39, 0.29) is 47.9 Å². The Morgan fingerprint density at radius 2 is 1.82 bits per heavy atom. The molecule has 260 valence electrons. The summed E-state index contributed by atoms with van der Waals surface area (Å²) in [7, 11) is 1.54. The molecule has 1 heterocycles. The van der Waals surface area contributed by atoms with Gasteiger partial charge in [-0.25, -0.2) is 4.98 Å². The Morgan fingerprint density at radius 1 is 1.00 bits per heavy atom. The van der Waals surface area contributed by atoms with Gasteiger partial charge in [0.25, 0.3) is 0 Å². The number of hydrogen-bond acceptors (Lipinski definition) is 6. The van der Waals surface area contributed by atoms with Gasteiger partial charge in [0.15, 0.2) is 11.5 Å². The van der Waals surface area contributed by atoms with Crippen molar-refractivity contribution in [3.63, 3.8) is 0 Å². The molecule has 3 N–H and O–H groups in total. The van der Waals surface area contributed by atoms with Crippen molar-refractivity contribution in [1.29, 1.82) is 0 Å². The summed E-state index contributed by atoms with van der Waals surface area (Å²) >= 11 is 0. The largest absolute Gasteiger partial charge is 0.504 e. The number of nitrogen functional groups attached to an aromatic ring is 1. The number of rotatable bonds is 10. The first-order valence-corrected chi connectivity index (χ1v) is 18.4. The van der Waals surface area contributed by atoms with Crippen LogP contribution < -0.4 is 10.5 Å². The molecular weight excluding hydrogens is 608 g/mol. The molecule has 6 heteroatoms. The zero-order valence-electron chi connectivity index (χ0n) is 29.8. The predicted octanol–water partition coefficient (Wildman–Crippen LogP) is 8.66. The van der Waals surface area contributed by atoms with E-state index < -0.39 is 0 Å². The third kappa shape index (κ3) is 9.53. The van der Waals surface area contributed by atoms with Gasteiger partial charge in [-0.05, 0) is 115 Å². The standard InChI is InChI=1S/C43H54N2O4/c1-5-6-9-29-20-31(21-30-18-19-45-43(44)24-30)22-33-15-17-37(36-11-8-7-10-32(36)13-12-28(2)3)38-27-41(48)42(49-4)25-34(38)14-16-35(46)26-40(47)39(33)23-29/h7-8,10-11,18-19,24-25,27-29,31,33,37,39,48H,5-6,9,12-14,16,20-23,26H2,1-4H3,(H2,44,45)/t29-,31+,33+,37+,39+/m0/s1. The number of ketones is 2. The number of phenols is 1. The Labute approximate surface area is 293 Å². The van der Waals surface area contributed by atoms with Gasteiger partial charge in [-0.3, -0.25) is 9.59 Å². The maximum Gasteiger partial charge on any atom is 0.160 e. The van der Waals surface area contributed by atoms with Crippen LogP contribution in [0.3, 0.4) is 0 Å². The number of phenolic OH excluding ortho intramolecular Hbond substituents is 1. The topological polar surface area (TPSA) is 103 Å². The number of carbonyl (C=O) groups excluding carboxylic acids is 2. The molecule has 0 aliphatic heterocycles. The van der Waals surface area contributed by atoms with E-state index in [9.17, 15) is 14.7 Å². The minimum absolute atomic E-state index is 0.0394. The highest BCUT2D eigenvalue weighted by Crippen LogP contribution is 2.42. The average molecular weight is 663 g/mol. The number of unbranched alkanes of at least 4 members (excludes halogenated alkanes) is 1. The second-order valence-corrected chi connectivity index (χ2v) is 14.8. The van der Waals surface area contributed by atoms with Crippen LogP contribution in [0.1, 0.15) is 112 Å². The summed E-state index contributed by atoms with van der Waals surface area (Å²) in [6, 6.07) is 16.1. The van der Waals surface area contributed by atoms with Gasteiger partial charge in [-0.2, -0.15) is 0 Å². The summed E-state index contributed by atoms with van der Waals surface area (Å²) in [5.74, 6) is 8.88. The summed E-state index contributed by atoms with van der Waals surface area (Å²) in [5, 5.41) is 11.1. The molecule has 2 aliphatic rings. The van der Waals surface area contributed by atoms with Crippen molar-refractivity contribution in [3.8, 4) is 23.3 Å². The number of fused-ring (bicyclic) bond motifs is 2. The molecule has 0 amide bonds. The molecule has 2 aromatic carbocycles. The highest BCUT2D eigenvalue weighted by molar-refractivity contribution is 6.00. The maximum absolute atomic E-state index is 14.1. The first-order chi connectivity index (χ1) is 23.6. The van der Waals surface area contributed by atoms with Crippen LogP contribution in [-0.2, 0) is 28.9 Å². The highest BCUT2D eigenvalue weighted by Gasteiger charge is 2.37. The van der Waals surface area contributed by atoms with Gasteiger partial charge in [-0.15, -0.1) is 0 Å². The lowest BCUT2D eigenvalue weighted by atomic mass is 9.77. The van der Waals surface area contributed by atoms with E-state index in [1.807, 2.05) is 18.2 Å². The molecule has 3 aromatic rings. The lowest BCUT2D eigenvalue weighted by molar-refractivity contribution is -0.130.